The number of halogens is 2. The molecule has 0 aliphatic carbocycles. The molecule has 1 aromatic heterocycles. The predicted molar refractivity (Wildman–Crippen MR) is 112 cm³/mol. The molecule has 7 heteroatoms. The summed E-state index contributed by atoms with van der Waals surface area (Å²) in [5, 5.41) is 11.2. The summed E-state index contributed by atoms with van der Waals surface area (Å²) in [5.41, 5.74) is 2.82. The van der Waals surface area contributed by atoms with Crippen LogP contribution >= 0.6 is 23.2 Å². The molecule has 3 aromatic rings. The summed E-state index contributed by atoms with van der Waals surface area (Å²) in [5.74, 6) is 0.196. The number of anilines is 1. The molecule has 0 fully saturated rings. The first-order valence-electron chi connectivity index (χ1n) is 8.89. The molecule has 2 N–H and O–H groups in total. The van der Waals surface area contributed by atoms with Crippen LogP contribution in [0.25, 0.3) is 0 Å². The fourth-order valence-corrected chi connectivity index (χ4v) is 3.27. The predicted octanol–water partition coefficient (Wildman–Crippen LogP) is 5.95. The minimum absolute atomic E-state index is 0.0243. The van der Waals surface area contributed by atoms with Gasteiger partial charge in [-0.05, 0) is 56.2 Å². The topological polar surface area (TPSA) is 67.2 Å². The lowest BCUT2D eigenvalue weighted by atomic mass is 10.0. The summed E-state index contributed by atoms with van der Waals surface area (Å²) >= 11 is 12.3. The van der Waals surface area contributed by atoms with E-state index in [4.69, 9.17) is 27.7 Å². The van der Waals surface area contributed by atoms with E-state index in [-0.39, 0.29) is 23.7 Å². The number of aryl methyl sites for hydroxylation is 1. The summed E-state index contributed by atoms with van der Waals surface area (Å²) in [6, 6.07) is 15.0. The van der Waals surface area contributed by atoms with E-state index in [0.29, 0.717) is 21.5 Å². The molecule has 0 spiro atoms. The number of benzene rings is 2. The van der Waals surface area contributed by atoms with Crippen LogP contribution in [0.5, 0.6) is 0 Å². The van der Waals surface area contributed by atoms with Crippen molar-refractivity contribution in [2.45, 2.75) is 32.9 Å². The van der Waals surface area contributed by atoms with Gasteiger partial charge in [-0.1, -0.05) is 46.6 Å². The van der Waals surface area contributed by atoms with E-state index in [1.54, 1.807) is 19.1 Å². The Balaban J connectivity index is 1.73. The molecule has 28 heavy (non-hydrogen) atoms. The second kappa shape index (κ2) is 8.78. The van der Waals surface area contributed by atoms with Crippen molar-refractivity contribution in [1.82, 2.24) is 10.5 Å². The van der Waals surface area contributed by atoms with Crippen LogP contribution < -0.4 is 10.6 Å². The molecule has 146 valence electrons. The minimum atomic E-state index is -0.371. The van der Waals surface area contributed by atoms with E-state index in [0.717, 1.165) is 11.1 Å². The van der Waals surface area contributed by atoms with Crippen molar-refractivity contribution in [2.24, 2.45) is 0 Å². The number of carbonyl (C=O) groups is 1. The monoisotopic (exact) mass is 417 g/mol. The molecule has 2 aromatic carbocycles. The fourth-order valence-electron chi connectivity index (χ4n) is 2.91. The van der Waals surface area contributed by atoms with Gasteiger partial charge in [0, 0.05) is 23.2 Å². The maximum atomic E-state index is 12.3. The molecule has 0 saturated heterocycles. The van der Waals surface area contributed by atoms with Crippen LogP contribution in [0.1, 0.15) is 53.3 Å². The van der Waals surface area contributed by atoms with Gasteiger partial charge in [-0.15, -0.1) is 0 Å². The molecule has 2 atom stereocenters. The van der Waals surface area contributed by atoms with E-state index in [1.807, 2.05) is 36.4 Å². The number of rotatable bonds is 6. The number of carbonyl (C=O) groups excluding carboxylic acids is 1. The zero-order valence-electron chi connectivity index (χ0n) is 15.8. The normalized spacial score (nSPS) is 13.2. The molecule has 0 radical (unpaired) electrons. The highest BCUT2D eigenvalue weighted by molar-refractivity contribution is 6.34. The average molecular weight is 418 g/mol. The first-order valence-corrected chi connectivity index (χ1v) is 9.64. The van der Waals surface area contributed by atoms with Crippen molar-refractivity contribution < 1.29 is 9.32 Å². The first-order chi connectivity index (χ1) is 13.3. The van der Waals surface area contributed by atoms with E-state index in [9.17, 15) is 4.79 Å². The number of aromatic nitrogens is 1. The lowest BCUT2D eigenvalue weighted by molar-refractivity contribution is 0.101. The van der Waals surface area contributed by atoms with E-state index < -0.39 is 0 Å². The van der Waals surface area contributed by atoms with E-state index in [2.05, 4.69) is 29.6 Å². The van der Waals surface area contributed by atoms with Gasteiger partial charge in [0.1, 0.15) is 5.76 Å². The van der Waals surface area contributed by atoms with Crippen LogP contribution in [0.15, 0.2) is 53.1 Å². The summed E-state index contributed by atoms with van der Waals surface area (Å²) < 4.78 is 4.95. The molecule has 3 rings (SSSR count). The number of hydrogen-bond donors (Lipinski definition) is 2. The van der Waals surface area contributed by atoms with Crippen LogP contribution in [-0.4, -0.2) is 11.1 Å². The summed E-state index contributed by atoms with van der Waals surface area (Å²) in [4.78, 5) is 12.3. The Morgan fingerprint density at radius 3 is 2.39 bits per heavy atom. The Bertz CT molecular complexity index is 987. The third-order valence-corrected chi connectivity index (χ3v) is 5.01. The summed E-state index contributed by atoms with van der Waals surface area (Å²) in [6.07, 6.45) is 0. The largest absolute Gasteiger partial charge is 0.361 e. The standard InChI is InChI=1S/C21H21Cl2N3O2/c1-12-9-20(26-28-12)21(27)25-19-11-16(7-8-18(19)23)14(3)24-13(2)15-5-4-6-17(22)10-15/h4-11,13-14,24H,1-3H3,(H,25,27)/t13-,14?/m1/s1. The SMILES string of the molecule is Cc1cc(C(=O)Nc2cc(C(C)N[C@H](C)c3cccc(Cl)c3)ccc2Cl)no1. The van der Waals surface area contributed by atoms with E-state index in [1.165, 1.54) is 0 Å². The Morgan fingerprint density at radius 2 is 1.75 bits per heavy atom. The molecule has 0 aliphatic heterocycles. The number of amides is 1. The highest BCUT2D eigenvalue weighted by atomic mass is 35.5. The van der Waals surface area contributed by atoms with Crippen LogP contribution in [0, 0.1) is 6.92 Å². The smallest absolute Gasteiger partial charge is 0.277 e. The van der Waals surface area contributed by atoms with Crippen molar-refractivity contribution in [3.8, 4) is 0 Å². The van der Waals surface area contributed by atoms with Crippen LogP contribution in [-0.2, 0) is 0 Å². The Hall–Kier alpha value is -2.34. The summed E-state index contributed by atoms with van der Waals surface area (Å²) in [6.45, 7) is 5.86. The van der Waals surface area contributed by atoms with Gasteiger partial charge in [0.15, 0.2) is 5.69 Å². The average Bonchev–Trinajstić information content (AvgIpc) is 3.10. The second-order valence-electron chi connectivity index (χ2n) is 6.68. The number of nitrogens with zero attached hydrogens (tertiary/aromatic N) is 1. The zero-order chi connectivity index (χ0) is 20.3. The molecule has 1 amide bonds. The maximum absolute atomic E-state index is 12.3. The number of hydrogen-bond acceptors (Lipinski definition) is 4. The third-order valence-electron chi connectivity index (χ3n) is 4.45. The minimum Gasteiger partial charge on any atom is -0.361 e. The van der Waals surface area contributed by atoms with Crippen LogP contribution in [0.2, 0.25) is 10.0 Å². The first kappa shape index (κ1) is 20.4. The Kier molecular flexibility index (Phi) is 6.39. The quantitative estimate of drug-likeness (QED) is 0.519. The highest BCUT2D eigenvalue weighted by Crippen LogP contribution is 2.28. The zero-order valence-corrected chi connectivity index (χ0v) is 17.3. The van der Waals surface area contributed by atoms with Gasteiger partial charge < -0.3 is 15.2 Å². The van der Waals surface area contributed by atoms with Crippen molar-refractivity contribution in [1.29, 1.82) is 0 Å². The molecular weight excluding hydrogens is 397 g/mol. The Labute approximate surface area is 174 Å². The lowest BCUT2D eigenvalue weighted by Crippen LogP contribution is -2.22. The van der Waals surface area contributed by atoms with Gasteiger partial charge >= 0.3 is 0 Å². The van der Waals surface area contributed by atoms with Gasteiger partial charge in [0.05, 0.1) is 10.7 Å². The lowest BCUT2D eigenvalue weighted by Gasteiger charge is -2.22. The molecule has 0 saturated carbocycles. The summed E-state index contributed by atoms with van der Waals surface area (Å²) in [7, 11) is 0. The maximum Gasteiger partial charge on any atom is 0.277 e. The van der Waals surface area contributed by atoms with Gasteiger partial charge in [-0.25, -0.2) is 0 Å². The van der Waals surface area contributed by atoms with E-state index >= 15 is 0 Å². The molecular formula is C21H21Cl2N3O2. The van der Waals surface area contributed by atoms with Gasteiger partial charge in [-0.3, -0.25) is 4.79 Å². The van der Waals surface area contributed by atoms with Crippen molar-refractivity contribution in [2.75, 3.05) is 5.32 Å². The fraction of sp³-hybridized carbons (Fsp3) is 0.238. The number of nitrogens with one attached hydrogen (secondary N) is 2. The van der Waals surface area contributed by atoms with Crippen LogP contribution in [0.3, 0.4) is 0 Å². The molecule has 1 heterocycles. The van der Waals surface area contributed by atoms with Crippen molar-refractivity contribution in [3.05, 3.63) is 81.2 Å². The molecule has 0 aliphatic rings. The molecule has 0 bridgehead atoms. The molecule has 5 nitrogen and oxygen atoms in total. The van der Waals surface area contributed by atoms with Gasteiger partial charge in [-0.2, -0.15) is 0 Å². The second-order valence-corrected chi connectivity index (χ2v) is 7.52. The van der Waals surface area contributed by atoms with Crippen molar-refractivity contribution >= 4 is 34.8 Å². The van der Waals surface area contributed by atoms with Gasteiger partial charge in [0.2, 0.25) is 0 Å². The van der Waals surface area contributed by atoms with Crippen LogP contribution in [0.4, 0.5) is 5.69 Å². The van der Waals surface area contributed by atoms with Crippen molar-refractivity contribution in [3.63, 3.8) is 0 Å². The molecule has 1 unspecified atom stereocenters. The third kappa shape index (κ3) is 4.93. The van der Waals surface area contributed by atoms with Gasteiger partial charge in [0.25, 0.3) is 5.91 Å². The highest BCUT2D eigenvalue weighted by Gasteiger charge is 2.16. The Morgan fingerprint density at radius 1 is 1.04 bits per heavy atom.